The zero-order valence-corrected chi connectivity index (χ0v) is 14.5. The maximum Gasteiger partial charge on any atom is 0.321 e. The third-order valence-corrected chi connectivity index (χ3v) is 4.82. The number of nitrogens with one attached hydrogen (secondary N) is 2. The maximum atomic E-state index is 12.0. The van der Waals surface area contributed by atoms with Gasteiger partial charge in [0.05, 0.1) is 22.0 Å². The Bertz CT molecular complexity index is 853. The number of aliphatic hydroxyl groups is 1. The van der Waals surface area contributed by atoms with Crippen molar-refractivity contribution in [3.05, 3.63) is 41.2 Å². The number of nitrogens with zero attached hydrogens (tertiary/aromatic N) is 3. The van der Waals surface area contributed by atoms with E-state index in [9.17, 15) is 9.90 Å². The fourth-order valence-corrected chi connectivity index (χ4v) is 3.49. The van der Waals surface area contributed by atoms with Gasteiger partial charge < -0.3 is 10.4 Å². The molecular formula is C16H19N5O2S. The van der Waals surface area contributed by atoms with Crippen molar-refractivity contribution >= 4 is 32.7 Å². The molecule has 8 heteroatoms. The lowest BCUT2D eigenvalue weighted by molar-refractivity contribution is 0.173. The van der Waals surface area contributed by atoms with Crippen LogP contribution in [-0.4, -0.2) is 32.4 Å². The Labute approximate surface area is 143 Å². The van der Waals surface area contributed by atoms with Crippen LogP contribution in [0, 0.1) is 13.8 Å². The number of aryl methyl sites for hydroxylation is 2. The van der Waals surface area contributed by atoms with Crippen LogP contribution in [0.5, 0.6) is 0 Å². The van der Waals surface area contributed by atoms with Crippen LogP contribution >= 0.6 is 11.3 Å². The van der Waals surface area contributed by atoms with Gasteiger partial charge in [0.25, 0.3) is 0 Å². The highest BCUT2D eigenvalue weighted by Crippen LogP contribution is 2.25. The number of amides is 2. The van der Waals surface area contributed by atoms with Crippen LogP contribution in [0.25, 0.3) is 10.2 Å². The van der Waals surface area contributed by atoms with E-state index in [-0.39, 0.29) is 6.54 Å². The summed E-state index contributed by atoms with van der Waals surface area (Å²) in [5.74, 6) is 0. The van der Waals surface area contributed by atoms with E-state index in [1.54, 1.807) is 4.68 Å². The molecule has 1 aromatic carbocycles. The number of urea groups is 1. The molecule has 0 bridgehead atoms. The summed E-state index contributed by atoms with van der Waals surface area (Å²) < 4.78 is 2.73. The van der Waals surface area contributed by atoms with Crippen molar-refractivity contribution in [2.75, 3.05) is 11.9 Å². The molecule has 0 aliphatic carbocycles. The number of carbonyl (C=O) groups is 1. The Balaban J connectivity index is 1.60. The Kier molecular flexibility index (Phi) is 4.50. The van der Waals surface area contributed by atoms with Crippen molar-refractivity contribution in [1.29, 1.82) is 0 Å². The van der Waals surface area contributed by atoms with E-state index < -0.39 is 12.1 Å². The molecule has 2 aromatic heterocycles. The summed E-state index contributed by atoms with van der Waals surface area (Å²) >= 11 is 1.41. The number of para-hydroxylation sites is 1. The molecule has 0 fully saturated rings. The van der Waals surface area contributed by atoms with Crippen molar-refractivity contribution < 1.29 is 9.90 Å². The second-order valence-electron chi connectivity index (χ2n) is 5.55. The SMILES string of the molecule is Cc1nn(C)c(C)c1C(O)CNC(=O)Nc1nc2ccccc2s1. The molecule has 24 heavy (non-hydrogen) atoms. The van der Waals surface area contributed by atoms with Crippen LogP contribution in [0.4, 0.5) is 9.93 Å². The molecule has 2 amide bonds. The van der Waals surface area contributed by atoms with Crippen molar-refractivity contribution in [3.63, 3.8) is 0 Å². The molecule has 3 rings (SSSR count). The highest BCUT2D eigenvalue weighted by molar-refractivity contribution is 7.22. The molecule has 7 nitrogen and oxygen atoms in total. The van der Waals surface area contributed by atoms with Crippen molar-refractivity contribution in [1.82, 2.24) is 20.1 Å². The lowest BCUT2D eigenvalue weighted by Crippen LogP contribution is -2.32. The molecule has 0 radical (unpaired) electrons. The molecule has 0 aliphatic rings. The predicted octanol–water partition coefficient (Wildman–Crippen LogP) is 2.50. The van der Waals surface area contributed by atoms with Crippen molar-refractivity contribution in [2.45, 2.75) is 20.0 Å². The van der Waals surface area contributed by atoms with Crippen LogP contribution in [0.3, 0.4) is 0 Å². The minimum Gasteiger partial charge on any atom is -0.386 e. The summed E-state index contributed by atoms with van der Waals surface area (Å²) in [6.45, 7) is 3.83. The molecule has 0 saturated heterocycles. The molecule has 126 valence electrons. The summed E-state index contributed by atoms with van der Waals surface area (Å²) in [7, 11) is 1.83. The first-order chi connectivity index (χ1) is 11.5. The van der Waals surface area contributed by atoms with Gasteiger partial charge in [-0.15, -0.1) is 0 Å². The molecule has 0 aliphatic heterocycles. The molecule has 3 N–H and O–H groups in total. The molecule has 1 unspecified atom stereocenters. The Hall–Kier alpha value is -2.45. The first-order valence-electron chi connectivity index (χ1n) is 7.54. The van der Waals surface area contributed by atoms with E-state index in [2.05, 4.69) is 20.7 Å². The number of hydrogen-bond acceptors (Lipinski definition) is 5. The normalized spacial score (nSPS) is 12.3. The van der Waals surface area contributed by atoms with Gasteiger partial charge in [-0.3, -0.25) is 10.00 Å². The van der Waals surface area contributed by atoms with Crippen molar-refractivity contribution in [2.24, 2.45) is 7.05 Å². The topological polar surface area (TPSA) is 92.1 Å². The largest absolute Gasteiger partial charge is 0.386 e. The standard InChI is InChI=1S/C16H19N5O2S/c1-9-14(10(2)21(3)20-9)12(22)8-17-15(23)19-16-18-11-6-4-5-7-13(11)24-16/h4-7,12,22H,8H2,1-3H3,(H2,17,18,19,23). The third-order valence-electron chi connectivity index (χ3n) is 3.87. The van der Waals surface area contributed by atoms with Crippen LogP contribution in [0.2, 0.25) is 0 Å². The van der Waals surface area contributed by atoms with E-state index in [0.29, 0.717) is 5.13 Å². The number of anilines is 1. The number of aromatic nitrogens is 3. The third kappa shape index (κ3) is 3.24. The number of benzene rings is 1. The second kappa shape index (κ2) is 6.58. The van der Waals surface area contributed by atoms with Gasteiger partial charge in [0.2, 0.25) is 0 Å². The molecule has 2 heterocycles. The zero-order chi connectivity index (χ0) is 17.3. The summed E-state index contributed by atoms with van der Waals surface area (Å²) in [6, 6.07) is 7.29. The van der Waals surface area contributed by atoms with Gasteiger partial charge in [-0.05, 0) is 26.0 Å². The maximum absolute atomic E-state index is 12.0. The number of carbonyl (C=O) groups excluding carboxylic acids is 1. The highest BCUT2D eigenvalue weighted by atomic mass is 32.1. The van der Waals surface area contributed by atoms with E-state index >= 15 is 0 Å². The van der Waals surface area contributed by atoms with Gasteiger partial charge in [0.1, 0.15) is 0 Å². The average molecular weight is 345 g/mol. The molecule has 3 aromatic rings. The summed E-state index contributed by atoms with van der Waals surface area (Å²) in [5.41, 5.74) is 3.24. The number of rotatable bonds is 4. The smallest absolute Gasteiger partial charge is 0.321 e. The quantitative estimate of drug-likeness (QED) is 0.677. The van der Waals surface area contributed by atoms with Gasteiger partial charge in [-0.25, -0.2) is 9.78 Å². The Morgan fingerprint density at radius 2 is 2.12 bits per heavy atom. The van der Waals surface area contributed by atoms with E-state index in [4.69, 9.17) is 0 Å². The minimum atomic E-state index is -0.806. The lowest BCUT2D eigenvalue weighted by atomic mass is 10.1. The average Bonchev–Trinajstić information content (AvgIpc) is 3.05. The first-order valence-corrected chi connectivity index (χ1v) is 8.36. The summed E-state index contributed by atoms with van der Waals surface area (Å²) in [5, 5.41) is 20.5. The number of hydrogen-bond donors (Lipinski definition) is 3. The molecule has 0 saturated carbocycles. The Morgan fingerprint density at radius 1 is 1.38 bits per heavy atom. The van der Waals surface area contributed by atoms with Crippen molar-refractivity contribution in [3.8, 4) is 0 Å². The fourth-order valence-electron chi connectivity index (χ4n) is 2.63. The van der Waals surface area contributed by atoms with Gasteiger partial charge in [-0.1, -0.05) is 23.5 Å². The zero-order valence-electron chi connectivity index (χ0n) is 13.7. The first kappa shape index (κ1) is 16.4. The van der Waals surface area contributed by atoms with Crippen LogP contribution in [-0.2, 0) is 7.05 Å². The van der Waals surface area contributed by atoms with Gasteiger partial charge in [0.15, 0.2) is 5.13 Å². The minimum absolute atomic E-state index is 0.101. The van der Waals surface area contributed by atoms with E-state index in [1.807, 2.05) is 45.2 Å². The van der Waals surface area contributed by atoms with Crippen LogP contribution in [0.15, 0.2) is 24.3 Å². The van der Waals surface area contributed by atoms with Gasteiger partial charge in [0, 0.05) is 24.8 Å². The van der Waals surface area contributed by atoms with Gasteiger partial charge in [-0.2, -0.15) is 5.10 Å². The molecular weight excluding hydrogens is 326 g/mol. The lowest BCUT2D eigenvalue weighted by Gasteiger charge is -2.12. The molecule has 0 spiro atoms. The van der Waals surface area contributed by atoms with Gasteiger partial charge >= 0.3 is 6.03 Å². The van der Waals surface area contributed by atoms with E-state index in [1.165, 1.54) is 11.3 Å². The molecule has 1 atom stereocenters. The second-order valence-corrected chi connectivity index (χ2v) is 6.58. The fraction of sp³-hybridized carbons (Fsp3) is 0.312. The highest BCUT2D eigenvalue weighted by Gasteiger charge is 2.18. The number of fused-ring (bicyclic) bond motifs is 1. The van der Waals surface area contributed by atoms with Crippen LogP contribution < -0.4 is 10.6 Å². The number of thiazole rings is 1. The monoisotopic (exact) mass is 345 g/mol. The predicted molar refractivity (Wildman–Crippen MR) is 94.3 cm³/mol. The van der Waals surface area contributed by atoms with Crippen LogP contribution in [0.1, 0.15) is 23.1 Å². The summed E-state index contributed by atoms with van der Waals surface area (Å²) in [4.78, 5) is 16.4. The van der Waals surface area contributed by atoms with E-state index in [0.717, 1.165) is 27.2 Å². The Morgan fingerprint density at radius 3 is 2.79 bits per heavy atom. The summed E-state index contributed by atoms with van der Waals surface area (Å²) in [6.07, 6.45) is -0.806. The number of aliphatic hydroxyl groups excluding tert-OH is 1.